The third kappa shape index (κ3) is 2.08. The van der Waals surface area contributed by atoms with E-state index in [1.165, 1.54) is 5.56 Å². The number of benzene rings is 1. The monoisotopic (exact) mass is 269 g/mol. The molecule has 3 rings (SSSR count). The van der Waals surface area contributed by atoms with E-state index in [0.29, 0.717) is 0 Å². The van der Waals surface area contributed by atoms with E-state index in [1.54, 1.807) is 13.3 Å². The van der Waals surface area contributed by atoms with Crippen LogP contribution in [0.2, 0.25) is 0 Å². The molecule has 104 valence electrons. The second-order valence-electron chi connectivity index (χ2n) is 5.52. The van der Waals surface area contributed by atoms with Gasteiger partial charge in [0.25, 0.3) is 0 Å². The number of aryl methyl sites for hydroxylation is 1. The fraction of sp³-hybridized carbons (Fsp3) is 0.353. The van der Waals surface area contributed by atoms with Crippen LogP contribution in [-0.4, -0.2) is 17.2 Å². The molecule has 0 spiro atoms. The SMILES string of the molecule is COc1ccc(C(C)(O)C2CCc3cccnc32)cc1. The molecule has 0 saturated heterocycles. The van der Waals surface area contributed by atoms with Crippen LogP contribution in [0.5, 0.6) is 5.75 Å². The molecule has 0 saturated carbocycles. The third-order valence-corrected chi connectivity index (χ3v) is 4.31. The van der Waals surface area contributed by atoms with Gasteiger partial charge in [0.1, 0.15) is 5.75 Å². The summed E-state index contributed by atoms with van der Waals surface area (Å²) >= 11 is 0. The lowest BCUT2D eigenvalue weighted by molar-refractivity contribution is 0.0256. The van der Waals surface area contributed by atoms with E-state index >= 15 is 0 Å². The molecule has 0 aliphatic heterocycles. The Bertz CT molecular complexity index is 605. The zero-order valence-electron chi connectivity index (χ0n) is 11.8. The summed E-state index contributed by atoms with van der Waals surface area (Å²) in [6, 6.07) is 11.7. The second kappa shape index (κ2) is 4.91. The Balaban J connectivity index is 1.96. The number of aliphatic hydroxyl groups is 1. The zero-order valence-corrected chi connectivity index (χ0v) is 11.8. The van der Waals surface area contributed by atoms with E-state index in [9.17, 15) is 5.11 Å². The molecule has 3 nitrogen and oxygen atoms in total. The first-order valence-corrected chi connectivity index (χ1v) is 6.93. The first kappa shape index (κ1) is 13.1. The molecule has 2 unspecified atom stereocenters. The lowest BCUT2D eigenvalue weighted by atomic mass is 9.81. The van der Waals surface area contributed by atoms with Crippen molar-refractivity contribution in [2.75, 3.05) is 7.11 Å². The maximum Gasteiger partial charge on any atom is 0.118 e. The highest BCUT2D eigenvalue weighted by atomic mass is 16.5. The first-order chi connectivity index (χ1) is 9.63. The van der Waals surface area contributed by atoms with Gasteiger partial charge in [-0.25, -0.2) is 0 Å². The van der Waals surface area contributed by atoms with Gasteiger partial charge in [0.05, 0.1) is 12.7 Å². The van der Waals surface area contributed by atoms with E-state index in [1.807, 2.05) is 37.3 Å². The van der Waals surface area contributed by atoms with E-state index < -0.39 is 5.60 Å². The van der Waals surface area contributed by atoms with Crippen molar-refractivity contribution >= 4 is 0 Å². The van der Waals surface area contributed by atoms with E-state index in [4.69, 9.17) is 4.74 Å². The molecular weight excluding hydrogens is 250 g/mol. The fourth-order valence-corrected chi connectivity index (χ4v) is 3.09. The Morgan fingerprint density at radius 2 is 2.00 bits per heavy atom. The van der Waals surface area contributed by atoms with Crippen LogP contribution in [0.3, 0.4) is 0 Å². The lowest BCUT2D eigenvalue weighted by Crippen LogP contribution is -2.29. The van der Waals surface area contributed by atoms with Crippen LogP contribution < -0.4 is 4.74 Å². The number of ether oxygens (including phenoxy) is 1. The molecule has 1 aliphatic rings. The number of hydrogen-bond donors (Lipinski definition) is 1. The minimum atomic E-state index is -0.911. The van der Waals surface area contributed by atoms with Gasteiger partial charge in [-0.15, -0.1) is 0 Å². The summed E-state index contributed by atoms with van der Waals surface area (Å²) in [6.07, 6.45) is 3.73. The molecular formula is C17H19NO2. The van der Waals surface area contributed by atoms with Gasteiger partial charge < -0.3 is 9.84 Å². The van der Waals surface area contributed by atoms with Crippen molar-refractivity contribution in [3.05, 3.63) is 59.4 Å². The minimum absolute atomic E-state index is 0.0482. The van der Waals surface area contributed by atoms with Crippen LogP contribution in [0.25, 0.3) is 0 Å². The van der Waals surface area contributed by atoms with E-state index in [-0.39, 0.29) is 5.92 Å². The number of hydrogen-bond acceptors (Lipinski definition) is 3. The Morgan fingerprint density at radius 1 is 1.25 bits per heavy atom. The maximum absolute atomic E-state index is 11.0. The number of fused-ring (bicyclic) bond motifs is 1. The van der Waals surface area contributed by atoms with Crippen LogP contribution in [0, 0.1) is 0 Å². The summed E-state index contributed by atoms with van der Waals surface area (Å²) in [7, 11) is 1.64. The van der Waals surface area contributed by atoms with Crippen LogP contribution in [0.1, 0.15) is 36.1 Å². The number of pyridine rings is 1. The molecule has 1 aliphatic carbocycles. The smallest absolute Gasteiger partial charge is 0.118 e. The highest BCUT2D eigenvalue weighted by Gasteiger charge is 2.39. The molecule has 0 radical (unpaired) electrons. The molecule has 0 bridgehead atoms. The number of methoxy groups -OCH3 is 1. The van der Waals surface area contributed by atoms with Crippen molar-refractivity contribution in [3.63, 3.8) is 0 Å². The van der Waals surface area contributed by atoms with Crippen molar-refractivity contribution in [3.8, 4) is 5.75 Å². The highest BCUT2D eigenvalue weighted by Crippen LogP contribution is 2.44. The molecule has 1 heterocycles. The zero-order chi connectivity index (χ0) is 14.2. The van der Waals surface area contributed by atoms with Crippen molar-refractivity contribution in [1.29, 1.82) is 0 Å². The van der Waals surface area contributed by atoms with Gasteiger partial charge in [-0.05, 0) is 49.1 Å². The van der Waals surface area contributed by atoms with Crippen LogP contribution in [0.4, 0.5) is 0 Å². The van der Waals surface area contributed by atoms with Gasteiger partial charge in [0.15, 0.2) is 0 Å². The largest absolute Gasteiger partial charge is 0.497 e. The van der Waals surface area contributed by atoms with Crippen molar-refractivity contribution < 1.29 is 9.84 Å². The predicted octanol–water partition coefficient (Wildman–Crippen LogP) is 3.03. The van der Waals surface area contributed by atoms with Gasteiger partial charge >= 0.3 is 0 Å². The van der Waals surface area contributed by atoms with Gasteiger partial charge in [-0.2, -0.15) is 0 Å². The van der Waals surface area contributed by atoms with Crippen LogP contribution in [0.15, 0.2) is 42.6 Å². The molecule has 20 heavy (non-hydrogen) atoms. The first-order valence-electron chi connectivity index (χ1n) is 6.93. The van der Waals surface area contributed by atoms with Gasteiger partial charge in [-0.1, -0.05) is 18.2 Å². The average molecular weight is 269 g/mol. The van der Waals surface area contributed by atoms with E-state index in [2.05, 4.69) is 11.1 Å². The standard InChI is InChI=1S/C17H19NO2/c1-17(19,13-6-8-14(20-2)9-7-13)15-10-5-12-4-3-11-18-16(12)15/h3-4,6-9,11,15,19H,5,10H2,1-2H3. The van der Waals surface area contributed by atoms with E-state index in [0.717, 1.165) is 29.8 Å². The number of aromatic nitrogens is 1. The normalized spacial score (nSPS) is 20.2. The molecule has 0 amide bonds. The average Bonchev–Trinajstić information content (AvgIpc) is 2.92. The molecule has 2 atom stereocenters. The van der Waals surface area contributed by atoms with Crippen molar-refractivity contribution in [2.45, 2.75) is 31.3 Å². The minimum Gasteiger partial charge on any atom is -0.497 e. The summed E-state index contributed by atoms with van der Waals surface area (Å²) in [5.74, 6) is 0.849. The van der Waals surface area contributed by atoms with Crippen LogP contribution >= 0.6 is 0 Å². The Labute approximate surface area is 119 Å². The molecule has 1 aromatic carbocycles. The Kier molecular flexibility index (Phi) is 3.22. The summed E-state index contributed by atoms with van der Waals surface area (Å²) in [4.78, 5) is 4.48. The number of nitrogens with zero attached hydrogens (tertiary/aromatic N) is 1. The van der Waals surface area contributed by atoms with Gasteiger partial charge in [-0.3, -0.25) is 4.98 Å². The van der Waals surface area contributed by atoms with Gasteiger partial charge in [0.2, 0.25) is 0 Å². The Hall–Kier alpha value is -1.87. The topological polar surface area (TPSA) is 42.4 Å². The quantitative estimate of drug-likeness (QED) is 0.931. The molecule has 2 aromatic rings. The van der Waals surface area contributed by atoms with Crippen molar-refractivity contribution in [2.24, 2.45) is 0 Å². The van der Waals surface area contributed by atoms with Crippen molar-refractivity contribution in [1.82, 2.24) is 4.98 Å². The summed E-state index contributed by atoms with van der Waals surface area (Å²) in [6.45, 7) is 1.88. The second-order valence-corrected chi connectivity index (χ2v) is 5.52. The highest BCUT2D eigenvalue weighted by molar-refractivity contribution is 5.37. The maximum atomic E-state index is 11.0. The summed E-state index contributed by atoms with van der Waals surface area (Å²) in [5, 5.41) is 11.0. The Morgan fingerprint density at radius 3 is 2.70 bits per heavy atom. The predicted molar refractivity (Wildman–Crippen MR) is 77.9 cm³/mol. The van der Waals surface area contributed by atoms with Crippen LogP contribution in [-0.2, 0) is 12.0 Å². The number of rotatable bonds is 3. The summed E-state index contributed by atoms with van der Waals surface area (Å²) < 4.78 is 5.17. The molecule has 1 N–H and O–H groups in total. The molecule has 3 heteroatoms. The third-order valence-electron chi connectivity index (χ3n) is 4.31. The summed E-state index contributed by atoms with van der Waals surface area (Å²) in [5.41, 5.74) is 2.28. The van der Waals surface area contributed by atoms with Gasteiger partial charge in [0, 0.05) is 17.8 Å². The lowest BCUT2D eigenvalue weighted by Gasteiger charge is -2.31. The fourth-order valence-electron chi connectivity index (χ4n) is 3.09. The molecule has 0 fully saturated rings. The molecule has 1 aromatic heterocycles.